The number of ether oxygens (including phenoxy) is 1. The van der Waals surface area contributed by atoms with Crippen LogP contribution in [0, 0.1) is 0 Å². The standard InChI is InChI=1S/C17H22N2OS/c1-4-12-10-19-16(21-12)11-18-14-9-17(2,3)20-15-8-6-5-7-13(14)15/h5-8,10,14,18H,4,9,11H2,1-3H3. The molecule has 112 valence electrons. The Morgan fingerprint density at radius 1 is 1.38 bits per heavy atom. The monoisotopic (exact) mass is 302 g/mol. The fourth-order valence-electron chi connectivity index (χ4n) is 2.79. The molecule has 0 spiro atoms. The Hall–Kier alpha value is -1.39. The van der Waals surface area contributed by atoms with Crippen molar-refractivity contribution in [3.63, 3.8) is 0 Å². The van der Waals surface area contributed by atoms with Crippen LogP contribution in [0.25, 0.3) is 0 Å². The minimum Gasteiger partial charge on any atom is -0.487 e. The van der Waals surface area contributed by atoms with Gasteiger partial charge in [0.15, 0.2) is 0 Å². The summed E-state index contributed by atoms with van der Waals surface area (Å²) in [4.78, 5) is 5.84. The average molecular weight is 302 g/mol. The summed E-state index contributed by atoms with van der Waals surface area (Å²) in [6.07, 6.45) is 4.02. The van der Waals surface area contributed by atoms with Crippen LogP contribution in [0.2, 0.25) is 0 Å². The predicted molar refractivity (Wildman–Crippen MR) is 86.8 cm³/mol. The number of thiazole rings is 1. The second kappa shape index (κ2) is 5.78. The lowest BCUT2D eigenvalue weighted by Gasteiger charge is -2.38. The lowest BCUT2D eigenvalue weighted by Crippen LogP contribution is -2.39. The molecule has 0 saturated carbocycles. The third-order valence-corrected chi connectivity index (χ3v) is 4.97. The molecule has 0 amide bonds. The van der Waals surface area contributed by atoms with E-state index in [1.807, 2.05) is 12.3 Å². The number of hydrogen-bond donors (Lipinski definition) is 1. The highest BCUT2D eigenvalue weighted by molar-refractivity contribution is 7.11. The van der Waals surface area contributed by atoms with Crippen molar-refractivity contribution in [3.8, 4) is 5.75 Å². The highest BCUT2D eigenvalue weighted by atomic mass is 32.1. The number of nitrogens with zero attached hydrogens (tertiary/aromatic N) is 1. The van der Waals surface area contributed by atoms with Crippen LogP contribution in [0.5, 0.6) is 5.75 Å². The van der Waals surface area contributed by atoms with Crippen molar-refractivity contribution in [3.05, 3.63) is 45.9 Å². The summed E-state index contributed by atoms with van der Waals surface area (Å²) in [5, 5.41) is 4.82. The maximum atomic E-state index is 6.07. The third-order valence-electron chi connectivity index (χ3n) is 3.83. The number of para-hydroxylation sites is 1. The fraction of sp³-hybridized carbons (Fsp3) is 0.471. The zero-order valence-electron chi connectivity index (χ0n) is 12.8. The largest absolute Gasteiger partial charge is 0.487 e. The van der Waals surface area contributed by atoms with Crippen molar-refractivity contribution in [2.75, 3.05) is 0 Å². The average Bonchev–Trinajstić information content (AvgIpc) is 2.91. The Labute approximate surface area is 130 Å². The maximum Gasteiger partial charge on any atom is 0.124 e. The molecular formula is C17H22N2OS. The zero-order chi connectivity index (χ0) is 14.9. The van der Waals surface area contributed by atoms with E-state index < -0.39 is 0 Å². The van der Waals surface area contributed by atoms with Gasteiger partial charge in [0.2, 0.25) is 0 Å². The van der Waals surface area contributed by atoms with E-state index in [2.05, 4.69) is 49.3 Å². The lowest BCUT2D eigenvalue weighted by atomic mass is 9.90. The molecule has 1 aliphatic rings. The molecule has 3 nitrogen and oxygen atoms in total. The maximum absolute atomic E-state index is 6.07. The Bertz CT molecular complexity index is 621. The van der Waals surface area contributed by atoms with Gasteiger partial charge >= 0.3 is 0 Å². The van der Waals surface area contributed by atoms with Crippen molar-refractivity contribution < 1.29 is 4.74 Å². The van der Waals surface area contributed by atoms with Crippen molar-refractivity contribution in [2.45, 2.75) is 51.8 Å². The van der Waals surface area contributed by atoms with Crippen LogP contribution in [-0.4, -0.2) is 10.6 Å². The number of aryl methyl sites for hydroxylation is 1. The highest BCUT2D eigenvalue weighted by Gasteiger charge is 2.33. The van der Waals surface area contributed by atoms with Crippen molar-refractivity contribution in [2.24, 2.45) is 0 Å². The van der Waals surface area contributed by atoms with E-state index in [0.29, 0.717) is 6.04 Å². The summed E-state index contributed by atoms with van der Waals surface area (Å²) in [7, 11) is 0. The van der Waals surface area contributed by atoms with E-state index in [1.165, 1.54) is 10.4 Å². The number of nitrogens with one attached hydrogen (secondary N) is 1. The summed E-state index contributed by atoms with van der Waals surface area (Å²) in [5.41, 5.74) is 1.12. The van der Waals surface area contributed by atoms with Gasteiger partial charge in [0.05, 0.1) is 0 Å². The molecule has 2 aromatic rings. The van der Waals surface area contributed by atoms with Crippen LogP contribution in [0.15, 0.2) is 30.5 Å². The molecule has 1 aromatic carbocycles. The van der Waals surface area contributed by atoms with Gasteiger partial charge in [0.1, 0.15) is 16.4 Å². The van der Waals surface area contributed by atoms with E-state index in [9.17, 15) is 0 Å². The van der Waals surface area contributed by atoms with E-state index in [-0.39, 0.29) is 5.60 Å². The topological polar surface area (TPSA) is 34.2 Å². The number of fused-ring (bicyclic) bond motifs is 1. The molecule has 1 unspecified atom stereocenters. The van der Waals surface area contributed by atoms with Gasteiger partial charge in [-0.2, -0.15) is 0 Å². The third kappa shape index (κ3) is 3.27. The quantitative estimate of drug-likeness (QED) is 0.923. The second-order valence-electron chi connectivity index (χ2n) is 6.11. The Balaban J connectivity index is 1.75. The Morgan fingerprint density at radius 2 is 2.19 bits per heavy atom. The van der Waals surface area contributed by atoms with Gasteiger partial charge in [-0.15, -0.1) is 11.3 Å². The number of benzene rings is 1. The first-order valence-electron chi connectivity index (χ1n) is 7.52. The molecule has 2 heterocycles. The summed E-state index contributed by atoms with van der Waals surface area (Å²) < 4.78 is 6.07. The van der Waals surface area contributed by atoms with Gasteiger partial charge in [0, 0.05) is 35.6 Å². The molecule has 0 bridgehead atoms. The number of hydrogen-bond acceptors (Lipinski definition) is 4. The van der Waals surface area contributed by atoms with E-state index in [4.69, 9.17) is 4.74 Å². The molecule has 0 saturated heterocycles. The predicted octanol–water partition coefficient (Wildman–Crippen LogP) is 4.10. The van der Waals surface area contributed by atoms with E-state index in [1.54, 1.807) is 11.3 Å². The molecular weight excluding hydrogens is 280 g/mol. The molecule has 21 heavy (non-hydrogen) atoms. The first-order chi connectivity index (χ1) is 10.1. The highest BCUT2D eigenvalue weighted by Crippen LogP contribution is 2.39. The minimum absolute atomic E-state index is 0.135. The zero-order valence-corrected chi connectivity index (χ0v) is 13.7. The van der Waals surface area contributed by atoms with Crippen LogP contribution in [0.1, 0.15) is 48.7 Å². The molecule has 4 heteroatoms. The van der Waals surface area contributed by atoms with E-state index >= 15 is 0 Å². The summed E-state index contributed by atoms with van der Waals surface area (Å²) >= 11 is 1.80. The molecule has 3 rings (SSSR count). The van der Waals surface area contributed by atoms with Crippen LogP contribution < -0.4 is 10.1 Å². The summed E-state index contributed by atoms with van der Waals surface area (Å²) in [6, 6.07) is 8.64. The normalized spacial score (nSPS) is 19.9. The number of rotatable bonds is 4. The van der Waals surface area contributed by atoms with Crippen molar-refractivity contribution in [1.29, 1.82) is 0 Å². The first kappa shape index (κ1) is 14.5. The Morgan fingerprint density at radius 3 is 2.95 bits per heavy atom. The Kier molecular flexibility index (Phi) is 4.00. The molecule has 1 atom stereocenters. The van der Waals surface area contributed by atoms with Crippen molar-refractivity contribution >= 4 is 11.3 Å². The minimum atomic E-state index is -0.135. The summed E-state index contributed by atoms with van der Waals surface area (Å²) in [6.45, 7) is 7.29. The van der Waals surface area contributed by atoms with Gasteiger partial charge < -0.3 is 10.1 Å². The molecule has 0 fully saturated rings. The van der Waals surface area contributed by atoms with Crippen molar-refractivity contribution in [1.82, 2.24) is 10.3 Å². The SMILES string of the molecule is CCc1cnc(CNC2CC(C)(C)Oc3ccccc32)s1. The van der Waals surface area contributed by atoms with E-state index in [0.717, 1.165) is 30.1 Å². The smallest absolute Gasteiger partial charge is 0.124 e. The first-order valence-corrected chi connectivity index (χ1v) is 8.34. The molecule has 1 aromatic heterocycles. The summed E-state index contributed by atoms with van der Waals surface area (Å²) in [5.74, 6) is 1.000. The molecule has 1 aliphatic heterocycles. The van der Waals surface area contributed by atoms with Crippen LogP contribution in [0.3, 0.4) is 0 Å². The van der Waals surface area contributed by atoms with Gasteiger partial charge in [0.25, 0.3) is 0 Å². The molecule has 0 radical (unpaired) electrons. The fourth-order valence-corrected chi connectivity index (χ4v) is 3.60. The molecule has 1 N–H and O–H groups in total. The van der Waals surface area contributed by atoms with Gasteiger partial charge in [-0.25, -0.2) is 4.98 Å². The number of aromatic nitrogens is 1. The van der Waals surface area contributed by atoms with Crippen LogP contribution >= 0.6 is 11.3 Å². The van der Waals surface area contributed by atoms with Crippen LogP contribution in [-0.2, 0) is 13.0 Å². The van der Waals surface area contributed by atoms with Gasteiger partial charge in [-0.1, -0.05) is 25.1 Å². The van der Waals surface area contributed by atoms with Gasteiger partial charge in [-0.3, -0.25) is 0 Å². The molecule has 0 aliphatic carbocycles. The van der Waals surface area contributed by atoms with Gasteiger partial charge in [-0.05, 0) is 26.3 Å². The second-order valence-corrected chi connectivity index (χ2v) is 7.31. The lowest BCUT2D eigenvalue weighted by molar-refractivity contribution is 0.0657. The van der Waals surface area contributed by atoms with Crippen LogP contribution in [0.4, 0.5) is 0 Å².